The molecule has 1 aromatic rings. The highest BCUT2D eigenvalue weighted by Gasteiger charge is 2.08. The minimum atomic E-state index is 0.0381. The van der Waals surface area contributed by atoms with E-state index in [2.05, 4.69) is 0 Å². The Bertz CT molecular complexity index is 311. The molecule has 1 unspecified atom stereocenters. The van der Waals surface area contributed by atoms with Crippen LogP contribution < -0.4 is 0 Å². The van der Waals surface area contributed by atoms with Gasteiger partial charge in [-0.1, -0.05) is 37.3 Å². The maximum Gasteiger partial charge on any atom is 0.136 e. The van der Waals surface area contributed by atoms with E-state index in [9.17, 15) is 9.59 Å². The molecule has 0 saturated carbocycles. The summed E-state index contributed by atoms with van der Waals surface area (Å²) in [7, 11) is 0. The average molecular weight is 206 g/mol. The highest BCUT2D eigenvalue weighted by molar-refractivity contribution is 5.82. The molecule has 0 aliphatic rings. The first kappa shape index (κ1) is 13.6. The highest BCUT2D eigenvalue weighted by Crippen LogP contribution is 2.14. The zero-order chi connectivity index (χ0) is 11.8. The summed E-state index contributed by atoms with van der Waals surface area (Å²) in [5, 5.41) is 0. The number of carbonyl (C=O) groups excluding carboxylic acids is 2. The Hall–Kier alpha value is -1.44. The van der Waals surface area contributed by atoms with Crippen LogP contribution in [-0.2, 0) is 9.59 Å². The molecule has 0 bridgehead atoms. The van der Waals surface area contributed by atoms with Crippen LogP contribution >= 0.6 is 0 Å². The molecular weight excluding hydrogens is 188 g/mol. The zero-order valence-electron chi connectivity index (χ0n) is 9.78. The van der Waals surface area contributed by atoms with E-state index in [1.165, 1.54) is 13.8 Å². The normalized spacial score (nSPS) is 10.9. The second-order valence-electron chi connectivity index (χ2n) is 3.65. The standard InChI is InChI=1S/C10H12O.C3H6O/c1-8(9(2)11)10-6-4-3-5-7-10;1-3(2)4/h3-8H,1-2H3;1-2H3. The van der Waals surface area contributed by atoms with Gasteiger partial charge in [-0.05, 0) is 26.3 Å². The second-order valence-corrected chi connectivity index (χ2v) is 3.65. The molecule has 0 saturated heterocycles. The third-order valence-electron chi connectivity index (χ3n) is 1.91. The Morgan fingerprint density at radius 1 is 1.00 bits per heavy atom. The topological polar surface area (TPSA) is 34.1 Å². The third kappa shape index (κ3) is 6.61. The lowest BCUT2D eigenvalue weighted by Gasteiger charge is -2.05. The molecule has 0 radical (unpaired) electrons. The molecule has 1 rings (SSSR count). The lowest BCUT2D eigenvalue weighted by molar-refractivity contribution is -0.118. The fraction of sp³-hybridized carbons (Fsp3) is 0.385. The molecule has 0 heterocycles. The van der Waals surface area contributed by atoms with Gasteiger partial charge in [-0.15, -0.1) is 0 Å². The van der Waals surface area contributed by atoms with Gasteiger partial charge in [0.25, 0.3) is 0 Å². The van der Waals surface area contributed by atoms with Crippen LogP contribution in [0, 0.1) is 0 Å². The van der Waals surface area contributed by atoms with E-state index in [4.69, 9.17) is 0 Å². The van der Waals surface area contributed by atoms with Crippen molar-refractivity contribution < 1.29 is 9.59 Å². The SMILES string of the molecule is CC(=O)C(C)c1ccccc1.CC(C)=O. The molecule has 1 aromatic carbocycles. The molecule has 2 heteroatoms. The second kappa shape index (κ2) is 6.93. The fourth-order valence-corrected chi connectivity index (χ4v) is 0.976. The molecule has 0 aliphatic heterocycles. The van der Waals surface area contributed by atoms with Gasteiger partial charge in [0.05, 0.1) is 0 Å². The quantitative estimate of drug-likeness (QED) is 0.745. The molecule has 82 valence electrons. The largest absolute Gasteiger partial charge is 0.300 e. The number of hydrogen-bond donors (Lipinski definition) is 0. The monoisotopic (exact) mass is 206 g/mol. The molecule has 0 amide bonds. The van der Waals surface area contributed by atoms with Gasteiger partial charge >= 0.3 is 0 Å². The van der Waals surface area contributed by atoms with Crippen LogP contribution in [-0.4, -0.2) is 11.6 Å². The predicted molar refractivity (Wildman–Crippen MR) is 61.9 cm³/mol. The minimum absolute atomic E-state index is 0.0381. The van der Waals surface area contributed by atoms with E-state index in [-0.39, 0.29) is 17.5 Å². The van der Waals surface area contributed by atoms with Crippen LogP contribution in [0.25, 0.3) is 0 Å². The van der Waals surface area contributed by atoms with Crippen molar-refractivity contribution in [2.24, 2.45) is 0 Å². The highest BCUT2D eigenvalue weighted by atomic mass is 16.1. The summed E-state index contributed by atoms with van der Waals surface area (Å²) in [4.78, 5) is 20.4. The van der Waals surface area contributed by atoms with Crippen molar-refractivity contribution in [1.82, 2.24) is 0 Å². The summed E-state index contributed by atoms with van der Waals surface area (Å²) in [5.74, 6) is 0.424. The van der Waals surface area contributed by atoms with E-state index in [0.29, 0.717) is 0 Å². The number of benzene rings is 1. The number of rotatable bonds is 2. The maximum absolute atomic E-state index is 10.9. The van der Waals surface area contributed by atoms with Crippen molar-refractivity contribution in [2.75, 3.05) is 0 Å². The Morgan fingerprint density at radius 3 is 1.73 bits per heavy atom. The summed E-state index contributed by atoms with van der Waals surface area (Å²) in [6.45, 7) is 6.61. The number of ketones is 2. The summed E-state index contributed by atoms with van der Waals surface area (Å²) < 4.78 is 0. The van der Waals surface area contributed by atoms with Gasteiger partial charge in [0.2, 0.25) is 0 Å². The maximum atomic E-state index is 10.9. The molecular formula is C13H18O2. The van der Waals surface area contributed by atoms with Crippen molar-refractivity contribution in [3.05, 3.63) is 35.9 Å². The Balaban J connectivity index is 0.000000423. The van der Waals surface area contributed by atoms with Crippen LogP contribution in [0.1, 0.15) is 39.2 Å². The van der Waals surface area contributed by atoms with Crippen molar-refractivity contribution in [2.45, 2.75) is 33.6 Å². The summed E-state index contributed by atoms with van der Waals surface area (Å²) in [6.07, 6.45) is 0. The van der Waals surface area contributed by atoms with Gasteiger partial charge in [-0.2, -0.15) is 0 Å². The predicted octanol–water partition coefficient (Wildman–Crippen LogP) is 2.97. The first-order valence-corrected chi connectivity index (χ1v) is 4.97. The van der Waals surface area contributed by atoms with Gasteiger partial charge in [-0.3, -0.25) is 4.79 Å². The van der Waals surface area contributed by atoms with Crippen LogP contribution in [0.2, 0.25) is 0 Å². The molecule has 2 nitrogen and oxygen atoms in total. The zero-order valence-corrected chi connectivity index (χ0v) is 9.78. The third-order valence-corrected chi connectivity index (χ3v) is 1.91. The number of hydrogen-bond acceptors (Lipinski definition) is 2. The van der Waals surface area contributed by atoms with Gasteiger partial charge in [0.15, 0.2) is 0 Å². The van der Waals surface area contributed by atoms with E-state index < -0.39 is 0 Å². The first-order valence-electron chi connectivity index (χ1n) is 4.97. The molecule has 0 fully saturated rings. The molecule has 15 heavy (non-hydrogen) atoms. The summed E-state index contributed by atoms with van der Waals surface area (Å²) >= 11 is 0. The van der Waals surface area contributed by atoms with Crippen molar-refractivity contribution in [1.29, 1.82) is 0 Å². The Kier molecular flexibility index (Phi) is 6.27. The average Bonchev–Trinajstić information content (AvgIpc) is 2.17. The van der Waals surface area contributed by atoms with E-state index in [1.54, 1.807) is 6.92 Å². The van der Waals surface area contributed by atoms with Crippen molar-refractivity contribution in [3.8, 4) is 0 Å². The fourth-order valence-electron chi connectivity index (χ4n) is 0.976. The number of Topliss-reactive ketones (excluding diaryl/α,β-unsaturated/α-hetero) is 2. The van der Waals surface area contributed by atoms with Crippen LogP contribution in [0.5, 0.6) is 0 Å². The molecule has 0 spiro atoms. The van der Waals surface area contributed by atoms with Crippen LogP contribution in [0.3, 0.4) is 0 Å². The van der Waals surface area contributed by atoms with Gasteiger partial charge in [0, 0.05) is 5.92 Å². The van der Waals surface area contributed by atoms with Gasteiger partial charge in [0.1, 0.15) is 11.6 Å². The van der Waals surface area contributed by atoms with E-state index >= 15 is 0 Å². The molecule has 1 atom stereocenters. The minimum Gasteiger partial charge on any atom is -0.300 e. The summed E-state index contributed by atoms with van der Waals surface area (Å²) in [5.41, 5.74) is 1.10. The molecule has 0 aliphatic carbocycles. The molecule has 0 aromatic heterocycles. The van der Waals surface area contributed by atoms with Crippen LogP contribution in [0.4, 0.5) is 0 Å². The van der Waals surface area contributed by atoms with Crippen LogP contribution in [0.15, 0.2) is 30.3 Å². The first-order chi connectivity index (χ1) is 6.95. The van der Waals surface area contributed by atoms with Crippen molar-refractivity contribution in [3.63, 3.8) is 0 Å². The smallest absolute Gasteiger partial charge is 0.136 e. The Labute approximate surface area is 91.3 Å². The van der Waals surface area contributed by atoms with Crippen molar-refractivity contribution >= 4 is 11.6 Å². The lowest BCUT2D eigenvalue weighted by Crippen LogP contribution is -2.03. The Morgan fingerprint density at radius 2 is 1.40 bits per heavy atom. The molecule has 0 N–H and O–H groups in total. The lowest BCUT2D eigenvalue weighted by atomic mass is 9.98. The van der Waals surface area contributed by atoms with Gasteiger partial charge < -0.3 is 4.79 Å². The number of carbonyl (C=O) groups is 2. The summed E-state index contributed by atoms with van der Waals surface area (Å²) in [6, 6.07) is 9.82. The van der Waals surface area contributed by atoms with E-state index in [0.717, 1.165) is 5.56 Å². The van der Waals surface area contributed by atoms with Gasteiger partial charge in [-0.25, -0.2) is 0 Å². The van der Waals surface area contributed by atoms with E-state index in [1.807, 2.05) is 37.3 Å².